The fourth-order valence-corrected chi connectivity index (χ4v) is 4.21. The molecule has 0 unspecified atom stereocenters. The number of rotatable bonds is 6. The molecule has 1 saturated carbocycles. The van der Waals surface area contributed by atoms with E-state index in [0.717, 1.165) is 41.5 Å². The third-order valence-corrected chi connectivity index (χ3v) is 6.24. The maximum absolute atomic E-state index is 4.58. The van der Waals surface area contributed by atoms with Crippen molar-refractivity contribution in [1.82, 2.24) is 19.7 Å². The van der Waals surface area contributed by atoms with Gasteiger partial charge in [0, 0.05) is 61.6 Å². The van der Waals surface area contributed by atoms with Gasteiger partial charge in [-0.15, -0.1) is 0 Å². The van der Waals surface area contributed by atoms with E-state index in [4.69, 9.17) is 0 Å². The van der Waals surface area contributed by atoms with Crippen LogP contribution >= 0.6 is 0 Å². The lowest BCUT2D eigenvalue weighted by molar-refractivity contribution is 0.0813. The number of benzene rings is 1. The van der Waals surface area contributed by atoms with Crippen molar-refractivity contribution in [3.05, 3.63) is 55.1 Å². The molecule has 0 spiro atoms. The number of fused-ring (bicyclic) bond motifs is 1. The highest BCUT2D eigenvalue weighted by molar-refractivity contribution is 5.88. The molecule has 0 radical (unpaired) electrons. The molecule has 2 aromatic heterocycles. The van der Waals surface area contributed by atoms with E-state index in [1.807, 2.05) is 30.3 Å². The predicted octanol–water partition coefficient (Wildman–Crippen LogP) is 4.29. The minimum atomic E-state index is 0.527. The summed E-state index contributed by atoms with van der Waals surface area (Å²) in [5.41, 5.74) is 3.38. The Morgan fingerprint density at radius 1 is 1.14 bits per heavy atom. The van der Waals surface area contributed by atoms with Crippen LogP contribution in [0.25, 0.3) is 21.9 Å². The Bertz CT molecular complexity index is 1010. The van der Waals surface area contributed by atoms with E-state index in [2.05, 4.69) is 51.1 Å². The third-order valence-electron chi connectivity index (χ3n) is 6.24. The van der Waals surface area contributed by atoms with Crippen molar-refractivity contribution >= 4 is 16.6 Å². The van der Waals surface area contributed by atoms with Crippen LogP contribution in [-0.2, 0) is 7.05 Å². The van der Waals surface area contributed by atoms with Crippen LogP contribution < -0.4 is 5.32 Å². The van der Waals surface area contributed by atoms with Gasteiger partial charge in [0.25, 0.3) is 0 Å². The Balaban J connectivity index is 1.26. The monoisotopic (exact) mass is 373 g/mol. The van der Waals surface area contributed by atoms with Crippen LogP contribution in [0.15, 0.2) is 55.1 Å². The number of pyridine rings is 1. The zero-order valence-electron chi connectivity index (χ0n) is 16.4. The summed E-state index contributed by atoms with van der Waals surface area (Å²) in [4.78, 5) is 7.15. The van der Waals surface area contributed by atoms with E-state index in [-0.39, 0.29) is 0 Å². The van der Waals surface area contributed by atoms with Gasteiger partial charge in [-0.2, -0.15) is 5.10 Å². The van der Waals surface area contributed by atoms with Crippen molar-refractivity contribution < 1.29 is 0 Å². The maximum Gasteiger partial charge on any atom is 0.130 e. The van der Waals surface area contributed by atoms with Crippen LogP contribution in [0, 0.1) is 11.8 Å². The molecular formula is C23H27N5. The lowest BCUT2D eigenvalue weighted by Gasteiger charge is -2.43. The Labute approximate surface area is 166 Å². The Hall–Kier alpha value is -2.66. The summed E-state index contributed by atoms with van der Waals surface area (Å²) in [6.45, 7) is 7.80. The van der Waals surface area contributed by atoms with Crippen molar-refractivity contribution in [2.24, 2.45) is 18.9 Å². The summed E-state index contributed by atoms with van der Waals surface area (Å²) in [5.74, 6) is 2.34. The second kappa shape index (κ2) is 7.06. The molecule has 28 heavy (non-hydrogen) atoms. The summed E-state index contributed by atoms with van der Waals surface area (Å²) in [6.07, 6.45) is 10.1. The first-order valence-corrected chi connectivity index (χ1v) is 10.2. The van der Waals surface area contributed by atoms with Crippen LogP contribution in [-0.4, -0.2) is 39.3 Å². The molecule has 0 amide bonds. The van der Waals surface area contributed by atoms with Gasteiger partial charge in [0.1, 0.15) is 5.82 Å². The van der Waals surface area contributed by atoms with Gasteiger partial charge in [-0.3, -0.25) is 4.68 Å². The SMILES string of the molecule is C=C(Nc1cc2cc(-c3cnn(C)c3)ccc2cn1)C1CN(CC2CCC2)C1. The number of aromatic nitrogens is 3. The zero-order valence-corrected chi connectivity index (χ0v) is 16.4. The van der Waals surface area contributed by atoms with Crippen LogP contribution in [0.5, 0.6) is 0 Å². The normalized spacial score (nSPS) is 18.0. The molecule has 144 valence electrons. The van der Waals surface area contributed by atoms with E-state index in [1.54, 1.807) is 0 Å². The summed E-state index contributed by atoms with van der Waals surface area (Å²) in [5, 5.41) is 10.0. The number of hydrogen-bond acceptors (Lipinski definition) is 4. The largest absolute Gasteiger partial charge is 0.344 e. The van der Waals surface area contributed by atoms with Crippen molar-refractivity contribution in [2.75, 3.05) is 25.0 Å². The fourth-order valence-electron chi connectivity index (χ4n) is 4.21. The molecule has 1 N–H and O–H groups in total. The van der Waals surface area contributed by atoms with Crippen molar-refractivity contribution in [3.63, 3.8) is 0 Å². The molecule has 1 aliphatic carbocycles. The van der Waals surface area contributed by atoms with Crippen molar-refractivity contribution in [2.45, 2.75) is 19.3 Å². The van der Waals surface area contributed by atoms with E-state index >= 15 is 0 Å². The van der Waals surface area contributed by atoms with E-state index in [1.165, 1.54) is 36.8 Å². The number of likely N-dealkylation sites (tertiary alicyclic amines) is 1. The minimum Gasteiger partial charge on any atom is -0.344 e. The highest BCUT2D eigenvalue weighted by atomic mass is 15.2. The molecule has 5 rings (SSSR count). The maximum atomic E-state index is 4.58. The standard InChI is InChI=1S/C23H27N5/c1-16(22-14-28(15-22)12-17-4-3-5-17)26-23-9-20-8-18(6-7-19(20)10-24-23)21-11-25-27(2)13-21/h6-11,13,17,22H,1,3-5,12,14-15H2,2H3,(H,24,26). The minimum absolute atomic E-state index is 0.527. The van der Waals surface area contributed by atoms with Gasteiger partial charge >= 0.3 is 0 Å². The summed E-state index contributed by atoms with van der Waals surface area (Å²) in [7, 11) is 1.94. The second-order valence-electron chi connectivity index (χ2n) is 8.40. The van der Waals surface area contributed by atoms with Crippen molar-refractivity contribution in [1.29, 1.82) is 0 Å². The molecule has 3 heterocycles. The summed E-state index contributed by atoms with van der Waals surface area (Å²) < 4.78 is 1.83. The van der Waals surface area contributed by atoms with Crippen LogP contribution in [0.1, 0.15) is 19.3 Å². The molecule has 3 aromatic rings. The Morgan fingerprint density at radius 2 is 2.00 bits per heavy atom. The summed E-state index contributed by atoms with van der Waals surface area (Å²) in [6, 6.07) is 8.56. The average molecular weight is 374 g/mol. The van der Waals surface area contributed by atoms with Crippen molar-refractivity contribution in [3.8, 4) is 11.1 Å². The second-order valence-corrected chi connectivity index (χ2v) is 8.40. The van der Waals surface area contributed by atoms with Gasteiger partial charge in [-0.25, -0.2) is 4.98 Å². The number of hydrogen-bond donors (Lipinski definition) is 1. The lowest BCUT2D eigenvalue weighted by atomic mass is 9.83. The van der Waals surface area contributed by atoms with Gasteiger partial charge in [0.15, 0.2) is 0 Å². The highest BCUT2D eigenvalue weighted by Gasteiger charge is 2.32. The van der Waals surface area contributed by atoms with Crippen LogP contribution in [0.3, 0.4) is 0 Å². The van der Waals surface area contributed by atoms with Gasteiger partial charge in [-0.1, -0.05) is 25.1 Å². The van der Waals surface area contributed by atoms with E-state index in [9.17, 15) is 0 Å². The summed E-state index contributed by atoms with van der Waals surface area (Å²) >= 11 is 0. The fraction of sp³-hybridized carbons (Fsp3) is 0.391. The number of nitrogens with one attached hydrogen (secondary N) is 1. The molecule has 0 atom stereocenters. The molecule has 2 aliphatic rings. The molecule has 1 saturated heterocycles. The number of anilines is 1. The topological polar surface area (TPSA) is 46.0 Å². The van der Waals surface area contributed by atoms with Gasteiger partial charge in [0.2, 0.25) is 0 Å². The number of nitrogens with zero attached hydrogens (tertiary/aromatic N) is 4. The third kappa shape index (κ3) is 3.42. The quantitative estimate of drug-likeness (QED) is 0.700. The first-order valence-electron chi connectivity index (χ1n) is 10.2. The molecule has 1 aliphatic heterocycles. The molecule has 0 bridgehead atoms. The van der Waals surface area contributed by atoms with Gasteiger partial charge in [-0.05, 0) is 41.8 Å². The molecule has 2 fully saturated rings. The van der Waals surface area contributed by atoms with Crippen LogP contribution in [0.4, 0.5) is 5.82 Å². The average Bonchev–Trinajstić information content (AvgIpc) is 3.05. The molecule has 5 heteroatoms. The number of aryl methyl sites for hydroxylation is 1. The first kappa shape index (κ1) is 17.4. The van der Waals surface area contributed by atoms with E-state index < -0.39 is 0 Å². The molecule has 5 nitrogen and oxygen atoms in total. The van der Waals surface area contributed by atoms with Gasteiger partial charge in [0.05, 0.1) is 6.20 Å². The molecular weight excluding hydrogens is 346 g/mol. The lowest BCUT2D eigenvalue weighted by Crippen LogP contribution is -2.50. The Morgan fingerprint density at radius 3 is 2.71 bits per heavy atom. The van der Waals surface area contributed by atoms with Crippen LogP contribution in [0.2, 0.25) is 0 Å². The van der Waals surface area contributed by atoms with Gasteiger partial charge < -0.3 is 10.2 Å². The first-order chi connectivity index (χ1) is 13.6. The van der Waals surface area contributed by atoms with E-state index in [0.29, 0.717) is 5.92 Å². The highest BCUT2D eigenvalue weighted by Crippen LogP contribution is 2.32. The Kier molecular flexibility index (Phi) is 4.40. The smallest absolute Gasteiger partial charge is 0.130 e. The predicted molar refractivity (Wildman–Crippen MR) is 114 cm³/mol. The zero-order chi connectivity index (χ0) is 19.1. The molecule has 1 aromatic carbocycles.